The van der Waals surface area contributed by atoms with Crippen LogP contribution in [0.1, 0.15) is 25.6 Å². The molecule has 1 aromatic heterocycles. The highest BCUT2D eigenvalue weighted by Crippen LogP contribution is 2.25. The fourth-order valence-corrected chi connectivity index (χ4v) is 1.87. The number of nitrogens with zero attached hydrogens (tertiary/aromatic N) is 3. The van der Waals surface area contributed by atoms with Crippen LogP contribution in [0.2, 0.25) is 0 Å². The maximum atomic E-state index is 5.75. The van der Waals surface area contributed by atoms with Crippen LogP contribution in [0.5, 0.6) is 0 Å². The highest BCUT2D eigenvalue weighted by Gasteiger charge is 2.31. The van der Waals surface area contributed by atoms with E-state index in [-0.39, 0.29) is 0 Å². The summed E-state index contributed by atoms with van der Waals surface area (Å²) in [4.78, 5) is 2.43. The van der Waals surface area contributed by atoms with E-state index in [9.17, 15) is 0 Å². The monoisotopic (exact) mass is 194 g/mol. The predicted molar refractivity (Wildman–Crippen MR) is 57.1 cm³/mol. The van der Waals surface area contributed by atoms with E-state index in [0.29, 0.717) is 12.1 Å². The minimum Gasteiger partial charge on any atom is -0.396 e. The molecule has 0 unspecified atom stereocenters. The summed E-state index contributed by atoms with van der Waals surface area (Å²) in [6, 6.07) is 1.16. The summed E-state index contributed by atoms with van der Waals surface area (Å²) in [6.07, 6.45) is 1.74. The fraction of sp³-hybridized carbons (Fsp3) is 0.700. The summed E-state index contributed by atoms with van der Waals surface area (Å²) in [7, 11) is 0. The van der Waals surface area contributed by atoms with Crippen molar-refractivity contribution < 1.29 is 0 Å². The fourth-order valence-electron chi connectivity index (χ4n) is 1.87. The Labute approximate surface area is 84.7 Å². The SMILES string of the molecule is Cc1c(N)cnn1C1CN(C(C)C)C1. The first kappa shape index (κ1) is 9.52. The Bertz CT molecular complexity index is 323. The average Bonchev–Trinajstić information content (AvgIpc) is 2.32. The normalized spacial score (nSPS) is 18.9. The molecule has 14 heavy (non-hydrogen) atoms. The number of nitrogen functional groups attached to an aromatic ring is 1. The Morgan fingerprint density at radius 1 is 1.50 bits per heavy atom. The van der Waals surface area contributed by atoms with E-state index in [1.54, 1.807) is 6.20 Å². The second-order valence-electron chi connectivity index (χ2n) is 4.33. The third-order valence-corrected chi connectivity index (χ3v) is 3.05. The molecule has 1 aliphatic heterocycles. The Kier molecular flexibility index (Phi) is 2.23. The molecule has 1 aliphatic rings. The van der Waals surface area contributed by atoms with Crippen LogP contribution in [0.4, 0.5) is 5.69 Å². The summed E-state index contributed by atoms with van der Waals surface area (Å²) < 4.78 is 2.05. The molecule has 2 rings (SSSR count). The van der Waals surface area contributed by atoms with E-state index in [0.717, 1.165) is 24.5 Å². The quantitative estimate of drug-likeness (QED) is 0.765. The highest BCUT2D eigenvalue weighted by atomic mass is 15.4. The smallest absolute Gasteiger partial charge is 0.0776 e. The summed E-state index contributed by atoms with van der Waals surface area (Å²) in [5.41, 5.74) is 7.65. The van der Waals surface area contributed by atoms with E-state index >= 15 is 0 Å². The van der Waals surface area contributed by atoms with Crippen molar-refractivity contribution in [3.63, 3.8) is 0 Å². The lowest BCUT2D eigenvalue weighted by molar-refractivity contribution is 0.0664. The first-order chi connectivity index (χ1) is 6.59. The Morgan fingerprint density at radius 2 is 2.14 bits per heavy atom. The first-order valence-electron chi connectivity index (χ1n) is 5.13. The van der Waals surface area contributed by atoms with Gasteiger partial charge in [0.1, 0.15) is 0 Å². The van der Waals surface area contributed by atoms with Crippen LogP contribution in [0, 0.1) is 6.92 Å². The van der Waals surface area contributed by atoms with Gasteiger partial charge in [-0.1, -0.05) is 0 Å². The first-order valence-corrected chi connectivity index (χ1v) is 5.13. The lowest BCUT2D eigenvalue weighted by atomic mass is 10.1. The number of likely N-dealkylation sites (tertiary alicyclic amines) is 1. The molecule has 1 fully saturated rings. The standard InChI is InChI=1S/C10H18N4/c1-7(2)13-5-9(6-13)14-8(3)10(11)4-12-14/h4,7,9H,5-6,11H2,1-3H3. The molecule has 0 radical (unpaired) electrons. The van der Waals surface area contributed by atoms with Gasteiger partial charge in [-0.25, -0.2) is 0 Å². The van der Waals surface area contributed by atoms with Crippen LogP contribution >= 0.6 is 0 Å². The Hall–Kier alpha value is -1.03. The summed E-state index contributed by atoms with van der Waals surface area (Å²) >= 11 is 0. The van der Waals surface area contributed by atoms with Crippen LogP contribution < -0.4 is 5.73 Å². The minimum atomic E-state index is 0.523. The summed E-state index contributed by atoms with van der Waals surface area (Å²) in [6.45, 7) is 8.67. The lowest BCUT2D eigenvalue weighted by Crippen LogP contribution is -2.51. The topological polar surface area (TPSA) is 47.1 Å². The molecular formula is C10H18N4. The van der Waals surface area contributed by atoms with Crippen molar-refractivity contribution in [3.8, 4) is 0 Å². The zero-order chi connectivity index (χ0) is 10.3. The molecule has 1 aromatic rings. The van der Waals surface area contributed by atoms with Crippen molar-refractivity contribution in [1.29, 1.82) is 0 Å². The van der Waals surface area contributed by atoms with Crippen molar-refractivity contribution in [2.45, 2.75) is 32.9 Å². The molecule has 4 heteroatoms. The summed E-state index contributed by atoms with van der Waals surface area (Å²) in [5, 5.41) is 4.30. The van der Waals surface area contributed by atoms with Crippen LogP contribution in [0.25, 0.3) is 0 Å². The molecule has 0 saturated carbocycles. The molecule has 0 aromatic carbocycles. The highest BCUT2D eigenvalue weighted by molar-refractivity contribution is 5.40. The number of hydrogen-bond acceptors (Lipinski definition) is 3. The summed E-state index contributed by atoms with van der Waals surface area (Å²) in [5.74, 6) is 0. The van der Waals surface area contributed by atoms with Gasteiger partial charge in [0.25, 0.3) is 0 Å². The van der Waals surface area contributed by atoms with E-state index in [2.05, 4.69) is 23.8 Å². The number of nitrogens with two attached hydrogens (primary N) is 1. The number of hydrogen-bond donors (Lipinski definition) is 1. The van der Waals surface area contributed by atoms with Gasteiger partial charge < -0.3 is 5.73 Å². The molecule has 78 valence electrons. The van der Waals surface area contributed by atoms with Gasteiger partial charge in [0.15, 0.2) is 0 Å². The van der Waals surface area contributed by atoms with Crippen LogP contribution in [-0.4, -0.2) is 33.8 Å². The molecule has 0 bridgehead atoms. The van der Waals surface area contributed by atoms with Gasteiger partial charge >= 0.3 is 0 Å². The van der Waals surface area contributed by atoms with E-state index in [1.165, 1.54) is 0 Å². The van der Waals surface area contributed by atoms with E-state index in [4.69, 9.17) is 5.73 Å². The van der Waals surface area contributed by atoms with Crippen LogP contribution in [-0.2, 0) is 0 Å². The van der Waals surface area contributed by atoms with Gasteiger partial charge in [0.05, 0.1) is 23.6 Å². The Morgan fingerprint density at radius 3 is 2.57 bits per heavy atom. The van der Waals surface area contributed by atoms with E-state index in [1.807, 2.05) is 11.6 Å². The lowest BCUT2D eigenvalue weighted by Gasteiger charge is -2.42. The van der Waals surface area contributed by atoms with Crippen molar-refractivity contribution in [3.05, 3.63) is 11.9 Å². The molecule has 0 amide bonds. The van der Waals surface area contributed by atoms with Gasteiger partial charge in [-0.15, -0.1) is 0 Å². The molecule has 0 atom stereocenters. The van der Waals surface area contributed by atoms with Crippen LogP contribution in [0.3, 0.4) is 0 Å². The van der Waals surface area contributed by atoms with Crippen LogP contribution in [0.15, 0.2) is 6.20 Å². The third kappa shape index (κ3) is 1.39. The second kappa shape index (κ2) is 3.28. The zero-order valence-corrected chi connectivity index (χ0v) is 9.07. The molecule has 4 nitrogen and oxygen atoms in total. The molecule has 2 heterocycles. The van der Waals surface area contributed by atoms with Crippen molar-refractivity contribution >= 4 is 5.69 Å². The van der Waals surface area contributed by atoms with Gasteiger partial charge in [-0.05, 0) is 20.8 Å². The number of anilines is 1. The molecule has 0 aliphatic carbocycles. The second-order valence-corrected chi connectivity index (χ2v) is 4.33. The van der Waals surface area contributed by atoms with Gasteiger partial charge in [-0.3, -0.25) is 9.58 Å². The van der Waals surface area contributed by atoms with E-state index < -0.39 is 0 Å². The van der Waals surface area contributed by atoms with Gasteiger partial charge in [0, 0.05) is 19.1 Å². The maximum Gasteiger partial charge on any atom is 0.0776 e. The van der Waals surface area contributed by atoms with Gasteiger partial charge in [0.2, 0.25) is 0 Å². The number of rotatable bonds is 2. The molecule has 0 spiro atoms. The molecule has 1 saturated heterocycles. The van der Waals surface area contributed by atoms with Gasteiger partial charge in [-0.2, -0.15) is 5.10 Å². The van der Waals surface area contributed by atoms with Crippen molar-refractivity contribution in [1.82, 2.24) is 14.7 Å². The largest absolute Gasteiger partial charge is 0.396 e. The average molecular weight is 194 g/mol. The molecular weight excluding hydrogens is 176 g/mol. The molecule has 2 N–H and O–H groups in total. The predicted octanol–water partition coefficient (Wildman–Crippen LogP) is 1.04. The van der Waals surface area contributed by atoms with Crippen molar-refractivity contribution in [2.75, 3.05) is 18.8 Å². The maximum absolute atomic E-state index is 5.75. The number of aromatic nitrogens is 2. The third-order valence-electron chi connectivity index (χ3n) is 3.05. The zero-order valence-electron chi connectivity index (χ0n) is 9.07. The minimum absolute atomic E-state index is 0.523. The van der Waals surface area contributed by atoms with Crippen molar-refractivity contribution in [2.24, 2.45) is 0 Å². The Balaban J connectivity index is 2.03.